The van der Waals surface area contributed by atoms with E-state index in [0.717, 1.165) is 17.8 Å². The van der Waals surface area contributed by atoms with Crippen molar-refractivity contribution in [1.82, 2.24) is 0 Å². The zero-order valence-corrected chi connectivity index (χ0v) is 14.8. The number of carbonyl (C=O) groups excluding carboxylic acids is 1. The van der Waals surface area contributed by atoms with E-state index < -0.39 is 29.1 Å². The standard InChI is InChI=1S/C18H17F4NO2S/c1-11-3-6-13(9-15(11)18(20,21)22)23-16(24)17(2,25)10-26-14-7-4-12(19)5-8-14/h3-9,25H,10H2,1-2H3,(H,23,24). The summed E-state index contributed by atoms with van der Waals surface area (Å²) in [6.45, 7) is 2.58. The van der Waals surface area contributed by atoms with Crippen molar-refractivity contribution < 1.29 is 27.5 Å². The van der Waals surface area contributed by atoms with Crippen LogP contribution >= 0.6 is 11.8 Å². The van der Waals surface area contributed by atoms with Gasteiger partial charge in [0.2, 0.25) is 0 Å². The number of halogens is 4. The molecule has 1 unspecified atom stereocenters. The Labute approximate surface area is 152 Å². The fourth-order valence-corrected chi connectivity index (χ4v) is 3.00. The highest BCUT2D eigenvalue weighted by atomic mass is 32.2. The van der Waals surface area contributed by atoms with Crippen molar-refractivity contribution in [2.75, 3.05) is 11.1 Å². The van der Waals surface area contributed by atoms with E-state index in [1.165, 1.54) is 50.2 Å². The lowest BCUT2D eigenvalue weighted by Gasteiger charge is -2.22. The maximum Gasteiger partial charge on any atom is 0.416 e. The number of nitrogens with one attached hydrogen (secondary N) is 1. The molecule has 2 aromatic rings. The van der Waals surface area contributed by atoms with E-state index >= 15 is 0 Å². The van der Waals surface area contributed by atoms with Crippen LogP contribution < -0.4 is 5.32 Å². The van der Waals surface area contributed by atoms with Crippen LogP contribution in [0.15, 0.2) is 47.4 Å². The van der Waals surface area contributed by atoms with Crippen molar-refractivity contribution in [3.8, 4) is 0 Å². The minimum Gasteiger partial charge on any atom is -0.379 e. The summed E-state index contributed by atoms with van der Waals surface area (Å²) in [6, 6.07) is 8.93. The number of aryl methyl sites for hydroxylation is 1. The van der Waals surface area contributed by atoms with Gasteiger partial charge >= 0.3 is 6.18 Å². The molecule has 0 saturated heterocycles. The van der Waals surface area contributed by atoms with E-state index in [-0.39, 0.29) is 17.0 Å². The second-order valence-electron chi connectivity index (χ2n) is 6.00. The quantitative estimate of drug-likeness (QED) is 0.581. The molecule has 26 heavy (non-hydrogen) atoms. The molecule has 0 saturated carbocycles. The Bertz CT molecular complexity index is 789. The first kappa shape index (κ1) is 20.3. The smallest absolute Gasteiger partial charge is 0.379 e. The van der Waals surface area contributed by atoms with Crippen molar-refractivity contribution in [2.45, 2.75) is 30.5 Å². The number of carbonyl (C=O) groups is 1. The van der Waals surface area contributed by atoms with Gasteiger partial charge in [-0.3, -0.25) is 4.79 Å². The van der Waals surface area contributed by atoms with E-state index in [9.17, 15) is 27.5 Å². The summed E-state index contributed by atoms with van der Waals surface area (Å²) in [6.07, 6.45) is -4.54. The second kappa shape index (κ2) is 7.67. The average molecular weight is 387 g/mol. The molecule has 2 rings (SSSR count). The van der Waals surface area contributed by atoms with Gasteiger partial charge in [-0.15, -0.1) is 11.8 Å². The molecule has 2 N–H and O–H groups in total. The fourth-order valence-electron chi connectivity index (χ4n) is 2.09. The van der Waals surface area contributed by atoms with Gasteiger partial charge in [0.25, 0.3) is 5.91 Å². The number of rotatable bonds is 5. The normalized spacial score (nSPS) is 14.0. The Balaban J connectivity index is 2.06. The molecule has 140 valence electrons. The van der Waals surface area contributed by atoms with Gasteiger partial charge in [0.15, 0.2) is 0 Å². The van der Waals surface area contributed by atoms with Crippen molar-refractivity contribution in [1.29, 1.82) is 0 Å². The van der Waals surface area contributed by atoms with Crippen LogP contribution in [-0.4, -0.2) is 22.4 Å². The third kappa shape index (κ3) is 5.22. The van der Waals surface area contributed by atoms with Crippen LogP contribution in [0.1, 0.15) is 18.1 Å². The zero-order valence-electron chi connectivity index (χ0n) is 14.0. The van der Waals surface area contributed by atoms with Gasteiger partial charge in [-0.2, -0.15) is 13.2 Å². The first-order valence-corrected chi connectivity index (χ1v) is 8.58. The third-order valence-corrected chi connectivity index (χ3v) is 4.94. The Morgan fingerprint density at radius 3 is 2.35 bits per heavy atom. The Morgan fingerprint density at radius 1 is 1.15 bits per heavy atom. The van der Waals surface area contributed by atoms with Gasteiger partial charge in [0.1, 0.15) is 11.4 Å². The molecule has 0 aliphatic rings. The molecule has 0 aromatic heterocycles. The zero-order chi connectivity index (χ0) is 19.5. The Hall–Kier alpha value is -2.06. The summed E-state index contributed by atoms with van der Waals surface area (Å²) in [7, 11) is 0. The van der Waals surface area contributed by atoms with Gasteiger partial charge in [0, 0.05) is 16.3 Å². The summed E-state index contributed by atoms with van der Waals surface area (Å²) < 4.78 is 51.7. The van der Waals surface area contributed by atoms with Gasteiger partial charge in [-0.1, -0.05) is 6.07 Å². The molecule has 0 heterocycles. The van der Waals surface area contributed by atoms with Gasteiger partial charge in [-0.05, 0) is 55.8 Å². The summed E-state index contributed by atoms with van der Waals surface area (Å²) in [5.41, 5.74) is -2.70. The van der Waals surface area contributed by atoms with Crippen molar-refractivity contribution >= 4 is 23.4 Å². The number of amides is 1. The highest BCUT2D eigenvalue weighted by Crippen LogP contribution is 2.33. The minimum absolute atomic E-state index is 0.0362. The van der Waals surface area contributed by atoms with Gasteiger partial charge in [0.05, 0.1) is 5.56 Å². The lowest BCUT2D eigenvalue weighted by molar-refractivity contribution is -0.138. The molecule has 0 spiro atoms. The maximum absolute atomic E-state index is 12.9. The average Bonchev–Trinajstić information content (AvgIpc) is 2.55. The van der Waals surface area contributed by atoms with Crippen LogP contribution in [0.25, 0.3) is 0 Å². The number of hydrogen-bond acceptors (Lipinski definition) is 3. The van der Waals surface area contributed by atoms with Crippen LogP contribution in [0.2, 0.25) is 0 Å². The number of thioether (sulfide) groups is 1. The fraction of sp³-hybridized carbons (Fsp3) is 0.278. The lowest BCUT2D eigenvalue weighted by atomic mass is 10.1. The Morgan fingerprint density at radius 2 is 1.77 bits per heavy atom. The summed E-state index contributed by atoms with van der Waals surface area (Å²) in [4.78, 5) is 12.9. The molecular formula is C18H17F4NO2S. The van der Waals surface area contributed by atoms with E-state index in [1.807, 2.05) is 0 Å². The molecule has 1 atom stereocenters. The number of hydrogen-bond donors (Lipinski definition) is 2. The number of anilines is 1. The van der Waals surface area contributed by atoms with E-state index in [2.05, 4.69) is 5.32 Å². The van der Waals surface area contributed by atoms with E-state index in [1.54, 1.807) is 0 Å². The third-order valence-electron chi connectivity index (χ3n) is 3.62. The molecule has 8 heteroatoms. The van der Waals surface area contributed by atoms with Crippen molar-refractivity contribution in [3.63, 3.8) is 0 Å². The van der Waals surface area contributed by atoms with Crippen LogP contribution in [0.4, 0.5) is 23.2 Å². The highest BCUT2D eigenvalue weighted by molar-refractivity contribution is 7.99. The van der Waals surface area contributed by atoms with Gasteiger partial charge < -0.3 is 10.4 Å². The molecular weight excluding hydrogens is 370 g/mol. The highest BCUT2D eigenvalue weighted by Gasteiger charge is 2.34. The number of benzene rings is 2. The summed E-state index contributed by atoms with van der Waals surface area (Å²) >= 11 is 1.13. The molecule has 0 fully saturated rings. The topological polar surface area (TPSA) is 49.3 Å². The number of aliphatic hydroxyl groups is 1. The van der Waals surface area contributed by atoms with Gasteiger partial charge in [-0.25, -0.2) is 4.39 Å². The van der Waals surface area contributed by atoms with Crippen molar-refractivity contribution in [3.05, 3.63) is 59.4 Å². The second-order valence-corrected chi connectivity index (χ2v) is 7.05. The van der Waals surface area contributed by atoms with Crippen LogP contribution in [0.3, 0.4) is 0 Å². The molecule has 0 radical (unpaired) electrons. The molecule has 2 aromatic carbocycles. The lowest BCUT2D eigenvalue weighted by Crippen LogP contribution is -2.42. The molecule has 0 aliphatic carbocycles. The molecule has 0 bridgehead atoms. The van der Waals surface area contributed by atoms with E-state index in [4.69, 9.17) is 0 Å². The predicted octanol–water partition coefficient (Wildman–Crippen LogP) is 4.63. The SMILES string of the molecule is Cc1ccc(NC(=O)C(C)(O)CSc2ccc(F)cc2)cc1C(F)(F)F. The van der Waals surface area contributed by atoms with Crippen LogP contribution in [-0.2, 0) is 11.0 Å². The number of alkyl halides is 3. The summed E-state index contributed by atoms with van der Waals surface area (Å²) in [5.74, 6) is -1.29. The van der Waals surface area contributed by atoms with Crippen LogP contribution in [0, 0.1) is 12.7 Å². The maximum atomic E-state index is 12.9. The van der Waals surface area contributed by atoms with Crippen molar-refractivity contribution in [2.24, 2.45) is 0 Å². The largest absolute Gasteiger partial charge is 0.416 e. The first-order valence-electron chi connectivity index (χ1n) is 7.59. The molecule has 0 aliphatic heterocycles. The minimum atomic E-state index is -4.54. The van der Waals surface area contributed by atoms with Crippen LogP contribution in [0.5, 0.6) is 0 Å². The summed E-state index contributed by atoms with van der Waals surface area (Å²) in [5, 5.41) is 12.6. The predicted molar refractivity (Wildman–Crippen MR) is 92.6 cm³/mol. The monoisotopic (exact) mass is 387 g/mol. The Kier molecular flexibility index (Phi) is 5.98. The van der Waals surface area contributed by atoms with E-state index in [0.29, 0.717) is 4.90 Å². The molecule has 3 nitrogen and oxygen atoms in total. The first-order chi connectivity index (χ1) is 12.0. The molecule has 1 amide bonds.